The molecule has 0 bridgehead atoms. The number of nitrogens with zero attached hydrogens (tertiary/aromatic N) is 1. The van der Waals surface area contributed by atoms with Gasteiger partial charge >= 0.3 is 11.9 Å². The Labute approximate surface area is 179 Å². The molecule has 0 fully saturated rings. The number of ether oxygens (including phenoxy) is 2. The topological polar surface area (TPSA) is 94.6 Å². The van der Waals surface area contributed by atoms with Gasteiger partial charge in [-0.2, -0.15) is 0 Å². The molecule has 0 aliphatic carbocycles. The van der Waals surface area contributed by atoms with Gasteiger partial charge in [-0.25, -0.2) is 23.4 Å². The molecular formula is C21H16F2N2O5S. The second kappa shape index (κ2) is 9.00. The number of benzene rings is 2. The third-order valence-electron chi connectivity index (χ3n) is 4.21. The highest BCUT2D eigenvalue weighted by Crippen LogP contribution is 2.32. The number of rotatable bonds is 5. The Kier molecular flexibility index (Phi) is 6.40. The average Bonchev–Trinajstić information content (AvgIpc) is 3.13. The fraction of sp³-hybridized carbons (Fsp3) is 0.143. The predicted octanol–water partition coefficient (Wildman–Crippen LogP) is 4.22. The molecule has 0 radical (unpaired) electrons. The van der Waals surface area contributed by atoms with Crippen molar-refractivity contribution < 1.29 is 32.6 Å². The number of esters is 2. The van der Waals surface area contributed by atoms with Crippen LogP contribution in [0, 0.1) is 18.6 Å². The van der Waals surface area contributed by atoms with E-state index in [-0.39, 0.29) is 38.0 Å². The van der Waals surface area contributed by atoms with E-state index in [9.17, 15) is 23.2 Å². The summed E-state index contributed by atoms with van der Waals surface area (Å²) in [5, 5.41) is 2.57. The monoisotopic (exact) mass is 446 g/mol. The van der Waals surface area contributed by atoms with Gasteiger partial charge in [-0.3, -0.25) is 4.79 Å². The first-order valence-corrected chi connectivity index (χ1v) is 9.61. The Morgan fingerprint density at radius 2 is 1.52 bits per heavy atom. The zero-order valence-electron chi connectivity index (χ0n) is 16.6. The number of thiazole rings is 1. The van der Waals surface area contributed by atoms with E-state index in [0.29, 0.717) is 0 Å². The maximum Gasteiger partial charge on any atom is 0.337 e. The molecule has 1 amide bonds. The van der Waals surface area contributed by atoms with Gasteiger partial charge in [-0.05, 0) is 37.3 Å². The van der Waals surface area contributed by atoms with Crippen LogP contribution in [0.5, 0.6) is 0 Å². The number of hydrogen-bond donors (Lipinski definition) is 1. The van der Waals surface area contributed by atoms with Crippen molar-refractivity contribution in [1.82, 2.24) is 4.98 Å². The first kappa shape index (κ1) is 22.0. The van der Waals surface area contributed by atoms with Gasteiger partial charge in [0, 0.05) is 5.69 Å². The summed E-state index contributed by atoms with van der Waals surface area (Å²) in [6.07, 6.45) is 0. The second-order valence-corrected chi connectivity index (χ2v) is 7.27. The van der Waals surface area contributed by atoms with Gasteiger partial charge in [-0.1, -0.05) is 6.07 Å². The summed E-state index contributed by atoms with van der Waals surface area (Å²) in [6, 6.07) is 7.34. The van der Waals surface area contributed by atoms with Crippen molar-refractivity contribution >= 4 is 34.9 Å². The Hall–Kier alpha value is -3.66. The molecule has 0 aliphatic rings. The SMILES string of the molecule is COC(=O)c1cc(NC(=O)c2sc(-c3c(F)cccc3F)nc2C)cc(C(=O)OC)c1. The van der Waals surface area contributed by atoms with Crippen LogP contribution in [-0.2, 0) is 9.47 Å². The number of aryl methyl sites for hydroxylation is 1. The molecule has 160 valence electrons. The minimum Gasteiger partial charge on any atom is -0.465 e. The number of amides is 1. The van der Waals surface area contributed by atoms with Crippen LogP contribution in [0.4, 0.5) is 14.5 Å². The molecule has 1 N–H and O–H groups in total. The Morgan fingerprint density at radius 3 is 2.03 bits per heavy atom. The van der Waals surface area contributed by atoms with Gasteiger partial charge in [0.1, 0.15) is 21.5 Å². The van der Waals surface area contributed by atoms with Crippen molar-refractivity contribution in [2.75, 3.05) is 19.5 Å². The largest absolute Gasteiger partial charge is 0.465 e. The average molecular weight is 446 g/mol. The van der Waals surface area contributed by atoms with Crippen molar-refractivity contribution in [3.63, 3.8) is 0 Å². The number of carbonyl (C=O) groups excluding carboxylic acids is 3. The summed E-state index contributed by atoms with van der Waals surface area (Å²) < 4.78 is 37.5. The zero-order chi connectivity index (χ0) is 22.7. The molecule has 0 atom stereocenters. The fourth-order valence-corrected chi connectivity index (χ4v) is 3.79. The molecule has 3 rings (SSSR count). The highest BCUT2D eigenvalue weighted by Gasteiger charge is 2.22. The number of methoxy groups -OCH3 is 2. The van der Waals surface area contributed by atoms with Crippen LogP contribution in [-0.4, -0.2) is 37.0 Å². The molecule has 3 aromatic rings. The Balaban J connectivity index is 1.96. The van der Waals surface area contributed by atoms with E-state index >= 15 is 0 Å². The van der Waals surface area contributed by atoms with E-state index < -0.39 is 29.5 Å². The van der Waals surface area contributed by atoms with Crippen molar-refractivity contribution in [3.05, 3.63) is 69.7 Å². The molecule has 0 aliphatic heterocycles. The van der Waals surface area contributed by atoms with Gasteiger partial charge in [0.25, 0.3) is 5.91 Å². The molecular weight excluding hydrogens is 430 g/mol. The molecule has 10 heteroatoms. The van der Waals surface area contributed by atoms with Crippen LogP contribution in [0.1, 0.15) is 36.1 Å². The molecule has 7 nitrogen and oxygen atoms in total. The molecule has 1 heterocycles. The van der Waals surface area contributed by atoms with Crippen molar-refractivity contribution in [3.8, 4) is 10.6 Å². The van der Waals surface area contributed by atoms with Crippen LogP contribution < -0.4 is 5.32 Å². The highest BCUT2D eigenvalue weighted by molar-refractivity contribution is 7.17. The first-order valence-electron chi connectivity index (χ1n) is 8.80. The molecule has 2 aromatic carbocycles. The molecule has 0 unspecified atom stereocenters. The van der Waals surface area contributed by atoms with Gasteiger partial charge in [0.05, 0.1) is 36.6 Å². The quantitative estimate of drug-likeness (QED) is 0.590. The van der Waals surface area contributed by atoms with E-state index in [0.717, 1.165) is 23.5 Å². The minimum atomic E-state index is -0.797. The second-order valence-electron chi connectivity index (χ2n) is 6.27. The molecule has 0 saturated heterocycles. The van der Waals surface area contributed by atoms with Gasteiger partial charge < -0.3 is 14.8 Å². The van der Waals surface area contributed by atoms with Crippen molar-refractivity contribution in [1.29, 1.82) is 0 Å². The summed E-state index contributed by atoms with van der Waals surface area (Å²) in [4.78, 5) is 40.8. The lowest BCUT2D eigenvalue weighted by atomic mass is 10.1. The lowest BCUT2D eigenvalue weighted by molar-refractivity contribution is 0.0599. The lowest BCUT2D eigenvalue weighted by Gasteiger charge is -2.09. The smallest absolute Gasteiger partial charge is 0.337 e. The molecule has 0 spiro atoms. The molecule has 1 aromatic heterocycles. The van der Waals surface area contributed by atoms with E-state index in [1.54, 1.807) is 0 Å². The Morgan fingerprint density at radius 1 is 0.968 bits per heavy atom. The maximum absolute atomic E-state index is 14.1. The summed E-state index contributed by atoms with van der Waals surface area (Å²) in [7, 11) is 2.35. The lowest BCUT2D eigenvalue weighted by Crippen LogP contribution is -2.14. The van der Waals surface area contributed by atoms with Crippen molar-refractivity contribution in [2.24, 2.45) is 0 Å². The number of aromatic nitrogens is 1. The summed E-state index contributed by atoms with van der Waals surface area (Å²) in [6.45, 7) is 1.53. The standard InChI is InChI=1S/C21H16F2N2O5S/c1-10-17(31-19(24-10)16-14(22)5-4-6-15(16)23)18(26)25-13-8-11(20(27)29-2)7-12(9-13)21(28)30-3/h4-9H,1-3H3,(H,25,26). The van der Waals surface area contributed by atoms with Crippen LogP contribution in [0.3, 0.4) is 0 Å². The third-order valence-corrected chi connectivity index (χ3v) is 5.39. The fourth-order valence-electron chi connectivity index (χ4n) is 2.78. The predicted molar refractivity (Wildman–Crippen MR) is 109 cm³/mol. The Bertz CT molecular complexity index is 1140. The van der Waals surface area contributed by atoms with Gasteiger partial charge in [-0.15, -0.1) is 11.3 Å². The van der Waals surface area contributed by atoms with Crippen LogP contribution >= 0.6 is 11.3 Å². The number of hydrogen-bond acceptors (Lipinski definition) is 7. The first-order chi connectivity index (χ1) is 14.7. The molecule has 31 heavy (non-hydrogen) atoms. The zero-order valence-corrected chi connectivity index (χ0v) is 17.4. The van der Waals surface area contributed by atoms with Crippen molar-refractivity contribution in [2.45, 2.75) is 6.92 Å². The number of halogens is 2. The normalized spacial score (nSPS) is 10.5. The summed E-state index contributed by atoms with van der Waals surface area (Å²) in [5.74, 6) is -3.65. The van der Waals surface area contributed by atoms with E-state index in [4.69, 9.17) is 0 Å². The highest BCUT2D eigenvalue weighted by atomic mass is 32.1. The minimum absolute atomic E-state index is 0.0109. The van der Waals surface area contributed by atoms with Crippen LogP contribution in [0.15, 0.2) is 36.4 Å². The van der Waals surface area contributed by atoms with E-state index in [1.165, 1.54) is 45.4 Å². The van der Waals surface area contributed by atoms with E-state index in [1.807, 2.05) is 0 Å². The number of nitrogens with one attached hydrogen (secondary N) is 1. The number of anilines is 1. The van der Waals surface area contributed by atoms with Crippen LogP contribution in [0.2, 0.25) is 0 Å². The van der Waals surface area contributed by atoms with Gasteiger partial charge in [0.15, 0.2) is 0 Å². The third kappa shape index (κ3) is 4.58. The number of carbonyl (C=O) groups is 3. The maximum atomic E-state index is 14.1. The van der Waals surface area contributed by atoms with E-state index in [2.05, 4.69) is 19.8 Å². The van der Waals surface area contributed by atoms with Crippen LogP contribution in [0.25, 0.3) is 10.6 Å². The summed E-state index contributed by atoms with van der Waals surface area (Å²) >= 11 is 0.812. The summed E-state index contributed by atoms with van der Waals surface area (Å²) in [5.41, 5.74) is 0.110. The van der Waals surface area contributed by atoms with Gasteiger partial charge in [0.2, 0.25) is 0 Å². The molecule has 0 saturated carbocycles.